The first-order chi connectivity index (χ1) is 11.2. The maximum Gasteiger partial charge on any atom is 0.223 e. The average molecular weight is 303 g/mol. The summed E-state index contributed by atoms with van der Waals surface area (Å²) in [4.78, 5) is 6.35. The van der Waals surface area contributed by atoms with Gasteiger partial charge in [-0.2, -0.15) is 5.26 Å². The van der Waals surface area contributed by atoms with Gasteiger partial charge >= 0.3 is 0 Å². The van der Waals surface area contributed by atoms with E-state index in [-0.39, 0.29) is 0 Å². The van der Waals surface area contributed by atoms with Gasteiger partial charge in [0.1, 0.15) is 6.61 Å². The van der Waals surface area contributed by atoms with Gasteiger partial charge in [-0.15, -0.1) is 0 Å². The van der Waals surface area contributed by atoms with E-state index in [9.17, 15) is 5.26 Å². The quantitative estimate of drug-likeness (QED) is 0.736. The molecule has 0 radical (unpaired) electrons. The molecule has 0 N–H and O–H groups in total. The van der Waals surface area contributed by atoms with Crippen LogP contribution in [-0.2, 0) is 6.61 Å². The third kappa shape index (κ3) is 3.09. The van der Waals surface area contributed by atoms with Gasteiger partial charge in [0.05, 0.1) is 17.0 Å². The molecule has 0 unspecified atom stereocenters. The topological polar surface area (TPSA) is 49.1 Å². The van der Waals surface area contributed by atoms with Crippen molar-refractivity contribution in [2.45, 2.75) is 6.61 Å². The standard InChI is InChI=1S/C19H17N3O/c1-22(2)17-8-6-14(7-9-17)13-23-19-18-15(10-11-21-19)4-3-5-16(18)12-20/h3-11H,13H2,1-2H3. The number of nitrogens with zero attached hydrogens (tertiary/aromatic N) is 3. The molecular weight excluding hydrogens is 286 g/mol. The predicted molar refractivity (Wildman–Crippen MR) is 91.6 cm³/mol. The molecule has 0 fully saturated rings. The van der Waals surface area contributed by atoms with Crippen molar-refractivity contribution in [2.75, 3.05) is 19.0 Å². The molecule has 114 valence electrons. The molecule has 3 aromatic rings. The molecule has 1 aromatic heterocycles. The number of nitriles is 1. The molecule has 0 atom stereocenters. The molecule has 23 heavy (non-hydrogen) atoms. The van der Waals surface area contributed by atoms with E-state index in [2.05, 4.69) is 28.1 Å². The zero-order chi connectivity index (χ0) is 16.2. The van der Waals surface area contributed by atoms with E-state index in [4.69, 9.17) is 4.74 Å². The van der Waals surface area contributed by atoms with Crippen molar-refractivity contribution in [2.24, 2.45) is 0 Å². The normalized spacial score (nSPS) is 10.3. The van der Waals surface area contributed by atoms with Crippen molar-refractivity contribution < 1.29 is 4.74 Å². The molecular formula is C19H17N3O. The lowest BCUT2D eigenvalue weighted by Gasteiger charge is -2.13. The summed E-state index contributed by atoms with van der Waals surface area (Å²) < 4.78 is 5.87. The number of benzene rings is 2. The first-order valence-corrected chi connectivity index (χ1v) is 7.36. The van der Waals surface area contributed by atoms with Crippen molar-refractivity contribution in [3.05, 3.63) is 65.9 Å². The number of anilines is 1. The van der Waals surface area contributed by atoms with Crippen molar-refractivity contribution in [3.8, 4) is 11.9 Å². The summed E-state index contributed by atoms with van der Waals surface area (Å²) >= 11 is 0. The highest BCUT2D eigenvalue weighted by molar-refractivity contribution is 5.91. The predicted octanol–water partition coefficient (Wildman–Crippen LogP) is 3.75. The minimum Gasteiger partial charge on any atom is -0.472 e. The molecule has 0 aliphatic rings. The van der Waals surface area contributed by atoms with Gasteiger partial charge in [-0.3, -0.25) is 0 Å². The number of hydrogen-bond acceptors (Lipinski definition) is 4. The molecule has 4 nitrogen and oxygen atoms in total. The Morgan fingerprint density at radius 2 is 1.87 bits per heavy atom. The zero-order valence-corrected chi connectivity index (χ0v) is 13.2. The summed E-state index contributed by atoms with van der Waals surface area (Å²) in [5.41, 5.74) is 2.78. The molecule has 0 saturated heterocycles. The van der Waals surface area contributed by atoms with Gasteiger partial charge in [-0.1, -0.05) is 24.3 Å². The monoisotopic (exact) mass is 303 g/mol. The van der Waals surface area contributed by atoms with Crippen LogP contribution in [0, 0.1) is 11.3 Å². The largest absolute Gasteiger partial charge is 0.472 e. The highest BCUT2D eigenvalue weighted by Gasteiger charge is 2.09. The van der Waals surface area contributed by atoms with Gasteiger partial charge < -0.3 is 9.64 Å². The molecule has 0 bridgehead atoms. The van der Waals surface area contributed by atoms with Crippen LogP contribution in [0.3, 0.4) is 0 Å². The Hall–Kier alpha value is -3.06. The van der Waals surface area contributed by atoms with Crippen LogP contribution >= 0.6 is 0 Å². The minimum atomic E-state index is 0.416. The van der Waals surface area contributed by atoms with Crippen LogP contribution < -0.4 is 9.64 Å². The third-order valence-corrected chi connectivity index (χ3v) is 3.71. The Labute approximate surface area is 135 Å². The van der Waals surface area contributed by atoms with Crippen LogP contribution in [0.1, 0.15) is 11.1 Å². The Kier molecular flexibility index (Phi) is 4.11. The van der Waals surface area contributed by atoms with Crippen molar-refractivity contribution in [1.82, 2.24) is 4.98 Å². The lowest BCUT2D eigenvalue weighted by molar-refractivity contribution is 0.298. The van der Waals surface area contributed by atoms with E-state index in [0.29, 0.717) is 18.1 Å². The second-order valence-electron chi connectivity index (χ2n) is 5.48. The minimum absolute atomic E-state index is 0.416. The summed E-state index contributed by atoms with van der Waals surface area (Å²) in [6.07, 6.45) is 1.70. The van der Waals surface area contributed by atoms with Gasteiger partial charge in [0, 0.05) is 26.0 Å². The van der Waals surface area contributed by atoms with E-state index >= 15 is 0 Å². The number of fused-ring (bicyclic) bond motifs is 1. The molecule has 1 heterocycles. The third-order valence-electron chi connectivity index (χ3n) is 3.71. The van der Waals surface area contributed by atoms with Crippen molar-refractivity contribution in [1.29, 1.82) is 5.26 Å². The fourth-order valence-corrected chi connectivity index (χ4v) is 2.44. The zero-order valence-electron chi connectivity index (χ0n) is 13.2. The van der Waals surface area contributed by atoms with Crippen molar-refractivity contribution >= 4 is 16.5 Å². The lowest BCUT2D eigenvalue weighted by atomic mass is 10.1. The first-order valence-electron chi connectivity index (χ1n) is 7.36. The highest BCUT2D eigenvalue weighted by atomic mass is 16.5. The Balaban J connectivity index is 1.86. The fraction of sp³-hybridized carbons (Fsp3) is 0.158. The fourth-order valence-electron chi connectivity index (χ4n) is 2.44. The van der Waals surface area contributed by atoms with E-state index in [1.54, 1.807) is 12.3 Å². The van der Waals surface area contributed by atoms with Crippen molar-refractivity contribution in [3.63, 3.8) is 0 Å². The summed E-state index contributed by atoms with van der Waals surface area (Å²) in [7, 11) is 4.02. The number of pyridine rings is 1. The second-order valence-corrected chi connectivity index (χ2v) is 5.48. The van der Waals surface area contributed by atoms with E-state index in [0.717, 1.165) is 22.0 Å². The summed E-state index contributed by atoms with van der Waals surface area (Å²) in [6.45, 7) is 0.416. The summed E-state index contributed by atoms with van der Waals surface area (Å²) in [6, 6.07) is 17.9. The molecule has 3 rings (SSSR count). The molecule has 0 aliphatic heterocycles. The van der Waals surface area contributed by atoms with E-state index in [1.807, 2.05) is 44.4 Å². The van der Waals surface area contributed by atoms with Crippen LogP contribution in [-0.4, -0.2) is 19.1 Å². The average Bonchev–Trinajstić information content (AvgIpc) is 2.59. The molecule has 4 heteroatoms. The highest BCUT2D eigenvalue weighted by Crippen LogP contribution is 2.27. The first kappa shape index (κ1) is 14.9. The molecule has 0 amide bonds. The van der Waals surface area contributed by atoms with Crippen LogP contribution in [0.25, 0.3) is 10.8 Å². The number of aromatic nitrogens is 1. The maximum atomic E-state index is 9.29. The SMILES string of the molecule is CN(C)c1ccc(COc2nccc3cccc(C#N)c23)cc1. The smallest absolute Gasteiger partial charge is 0.223 e. The van der Waals surface area contributed by atoms with E-state index in [1.165, 1.54) is 0 Å². The van der Waals surface area contributed by atoms with Gasteiger partial charge in [0.15, 0.2) is 0 Å². The maximum absolute atomic E-state index is 9.29. The summed E-state index contributed by atoms with van der Waals surface area (Å²) in [5.74, 6) is 0.497. The number of hydrogen-bond donors (Lipinski definition) is 0. The Bertz CT molecular complexity index is 859. The summed E-state index contributed by atoms with van der Waals surface area (Å²) in [5, 5.41) is 11.0. The molecule has 0 spiro atoms. The van der Waals surface area contributed by atoms with Gasteiger partial charge in [-0.05, 0) is 35.2 Å². The molecule has 2 aromatic carbocycles. The van der Waals surface area contributed by atoms with Crippen LogP contribution in [0.4, 0.5) is 5.69 Å². The molecule has 0 saturated carbocycles. The van der Waals surface area contributed by atoms with Gasteiger partial charge in [0.25, 0.3) is 0 Å². The second kappa shape index (κ2) is 6.37. The van der Waals surface area contributed by atoms with Gasteiger partial charge in [0.2, 0.25) is 5.88 Å². The Morgan fingerprint density at radius 1 is 1.09 bits per heavy atom. The lowest BCUT2D eigenvalue weighted by Crippen LogP contribution is -2.08. The molecule has 0 aliphatic carbocycles. The number of rotatable bonds is 4. The Morgan fingerprint density at radius 3 is 2.57 bits per heavy atom. The van der Waals surface area contributed by atoms with Gasteiger partial charge in [-0.25, -0.2) is 4.98 Å². The van der Waals surface area contributed by atoms with Crippen LogP contribution in [0.2, 0.25) is 0 Å². The van der Waals surface area contributed by atoms with Crippen LogP contribution in [0.15, 0.2) is 54.7 Å². The number of ether oxygens (including phenoxy) is 1. The van der Waals surface area contributed by atoms with E-state index < -0.39 is 0 Å². The van der Waals surface area contributed by atoms with Crippen LogP contribution in [0.5, 0.6) is 5.88 Å².